The first kappa shape index (κ1) is 22.6. The van der Waals surface area contributed by atoms with E-state index in [-0.39, 0.29) is 18.1 Å². The molecule has 0 bridgehead atoms. The molecule has 2 amide bonds. The van der Waals surface area contributed by atoms with Crippen LogP contribution in [0.3, 0.4) is 0 Å². The first-order chi connectivity index (χ1) is 17.0. The Bertz CT molecular complexity index is 1320. The lowest BCUT2D eigenvalue weighted by Gasteiger charge is -2.40. The molecule has 1 fully saturated rings. The molecule has 9 nitrogen and oxygen atoms in total. The highest BCUT2D eigenvalue weighted by Gasteiger charge is 2.30. The fourth-order valence-electron chi connectivity index (χ4n) is 4.58. The Morgan fingerprint density at radius 3 is 2.77 bits per heavy atom. The van der Waals surface area contributed by atoms with E-state index in [1.54, 1.807) is 25.8 Å². The fourth-order valence-corrected chi connectivity index (χ4v) is 4.58. The third-order valence-corrected chi connectivity index (χ3v) is 6.52. The van der Waals surface area contributed by atoms with Gasteiger partial charge in [0.1, 0.15) is 23.5 Å². The number of nitrogens with one attached hydrogen (secondary N) is 2. The van der Waals surface area contributed by atoms with Crippen molar-refractivity contribution in [1.82, 2.24) is 30.2 Å². The van der Waals surface area contributed by atoms with E-state index in [9.17, 15) is 4.79 Å². The number of benzene rings is 1. The zero-order valence-electron chi connectivity index (χ0n) is 20.1. The number of aromatic amines is 1. The number of amides is 2. The zero-order valence-corrected chi connectivity index (χ0v) is 20.1. The molecule has 5 rings (SSSR count). The average molecular weight is 472 g/mol. The number of carbonyl (C=O) groups is 1. The van der Waals surface area contributed by atoms with Gasteiger partial charge in [0, 0.05) is 49.3 Å². The molecule has 2 atom stereocenters. The number of methoxy groups -OCH3 is 1. The molecule has 3 aromatic heterocycles. The summed E-state index contributed by atoms with van der Waals surface area (Å²) in [7, 11) is 1.64. The molecule has 2 N–H and O–H groups in total. The summed E-state index contributed by atoms with van der Waals surface area (Å²) < 4.78 is 5.31. The number of anilines is 1. The number of aromatic nitrogens is 4. The highest BCUT2D eigenvalue weighted by Crippen LogP contribution is 2.30. The third kappa shape index (κ3) is 4.62. The lowest BCUT2D eigenvalue weighted by molar-refractivity contribution is 0.168. The number of hydrogen-bond donors (Lipinski definition) is 2. The number of hydrogen-bond acceptors (Lipinski definition) is 6. The maximum atomic E-state index is 13.1. The molecule has 1 aliphatic rings. The maximum Gasteiger partial charge on any atom is 0.318 e. The van der Waals surface area contributed by atoms with Crippen molar-refractivity contribution in [2.24, 2.45) is 0 Å². The Morgan fingerprint density at radius 2 is 2.00 bits per heavy atom. The molecule has 9 heteroatoms. The standard InChI is InChI=1S/C26H29N7O2/c1-17-15-32(11-12-33(17)26(34)30-18(2)20-5-4-6-21(13-20)35-3)25-22-14-23(19-7-9-27-10-8-19)31-24(22)28-16-29-25/h4-10,13-14,16-18H,11-12,15H2,1-3H3,(H,30,34)(H,28,29,31)/t17-,18?/m0/s1. The van der Waals surface area contributed by atoms with Crippen molar-refractivity contribution in [3.05, 3.63) is 66.7 Å². The van der Waals surface area contributed by atoms with Crippen LogP contribution in [0.1, 0.15) is 25.5 Å². The molecule has 1 aliphatic heterocycles. The van der Waals surface area contributed by atoms with E-state index in [1.165, 1.54) is 0 Å². The van der Waals surface area contributed by atoms with Crippen LogP contribution in [-0.2, 0) is 0 Å². The molecule has 1 unspecified atom stereocenters. The maximum absolute atomic E-state index is 13.1. The lowest BCUT2D eigenvalue weighted by Crippen LogP contribution is -2.57. The van der Waals surface area contributed by atoms with E-state index < -0.39 is 0 Å². The van der Waals surface area contributed by atoms with Crippen LogP contribution >= 0.6 is 0 Å². The number of pyridine rings is 1. The van der Waals surface area contributed by atoms with Crippen LogP contribution in [0.25, 0.3) is 22.3 Å². The molecule has 180 valence electrons. The van der Waals surface area contributed by atoms with Crippen molar-refractivity contribution in [1.29, 1.82) is 0 Å². The Labute approximate surface area is 204 Å². The van der Waals surface area contributed by atoms with E-state index in [4.69, 9.17) is 4.74 Å². The average Bonchev–Trinajstić information content (AvgIpc) is 3.33. The van der Waals surface area contributed by atoms with Crippen LogP contribution in [-0.4, -0.2) is 63.7 Å². The minimum atomic E-state index is -0.129. The molecular weight excluding hydrogens is 442 g/mol. The fraction of sp³-hybridized carbons (Fsp3) is 0.308. The molecule has 35 heavy (non-hydrogen) atoms. The van der Waals surface area contributed by atoms with Crippen molar-refractivity contribution < 1.29 is 9.53 Å². The van der Waals surface area contributed by atoms with Gasteiger partial charge < -0.3 is 24.8 Å². The van der Waals surface area contributed by atoms with Crippen molar-refractivity contribution in [2.75, 3.05) is 31.6 Å². The summed E-state index contributed by atoms with van der Waals surface area (Å²) in [5.41, 5.74) is 3.82. The number of H-pyrrole nitrogens is 1. The van der Waals surface area contributed by atoms with Gasteiger partial charge in [-0.1, -0.05) is 12.1 Å². The first-order valence-corrected chi connectivity index (χ1v) is 11.7. The van der Waals surface area contributed by atoms with Gasteiger partial charge >= 0.3 is 6.03 Å². The molecule has 0 spiro atoms. The van der Waals surface area contributed by atoms with Gasteiger partial charge in [-0.25, -0.2) is 14.8 Å². The molecule has 0 saturated carbocycles. The molecule has 4 aromatic rings. The summed E-state index contributed by atoms with van der Waals surface area (Å²) >= 11 is 0. The van der Waals surface area contributed by atoms with Crippen LogP contribution in [0.2, 0.25) is 0 Å². The third-order valence-electron chi connectivity index (χ3n) is 6.52. The number of rotatable bonds is 5. The molecular formula is C26H29N7O2. The Hall–Kier alpha value is -4.14. The second-order valence-corrected chi connectivity index (χ2v) is 8.81. The molecule has 0 radical (unpaired) electrons. The van der Waals surface area contributed by atoms with Gasteiger partial charge in [0.2, 0.25) is 0 Å². The summed E-state index contributed by atoms with van der Waals surface area (Å²) in [6.45, 7) is 6.03. The van der Waals surface area contributed by atoms with E-state index in [0.717, 1.165) is 39.4 Å². The first-order valence-electron chi connectivity index (χ1n) is 11.7. The van der Waals surface area contributed by atoms with Gasteiger partial charge in [0.25, 0.3) is 0 Å². The van der Waals surface area contributed by atoms with Crippen molar-refractivity contribution in [2.45, 2.75) is 25.9 Å². The van der Waals surface area contributed by atoms with Crippen molar-refractivity contribution >= 4 is 22.9 Å². The topological polar surface area (TPSA) is 99.3 Å². The smallest absolute Gasteiger partial charge is 0.318 e. The number of nitrogens with zero attached hydrogens (tertiary/aromatic N) is 5. The van der Waals surface area contributed by atoms with Crippen LogP contribution in [0.15, 0.2) is 61.2 Å². The number of carbonyl (C=O) groups excluding carboxylic acids is 1. The SMILES string of the molecule is COc1cccc(C(C)NC(=O)N2CCN(c3ncnc4[nH]c(-c5ccncc5)cc34)C[C@@H]2C)c1. The normalized spacial score (nSPS) is 16.8. The Kier molecular flexibility index (Phi) is 6.22. The van der Waals surface area contributed by atoms with E-state index >= 15 is 0 Å². The molecule has 1 saturated heterocycles. The predicted molar refractivity (Wildman–Crippen MR) is 135 cm³/mol. The largest absolute Gasteiger partial charge is 0.497 e. The summed E-state index contributed by atoms with van der Waals surface area (Å²) in [6, 6.07) is 13.6. The number of ether oxygens (including phenoxy) is 1. The van der Waals surface area contributed by atoms with E-state index in [2.05, 4.69) is 43.1 Å². The monoisotopic (exact) mass is 471 g/mol. The summed E-state index contributed by atoms with van der Waals surface area (Å²) in [6.07, 6.45) is 5.13. The van der Waals surface area contributed by atoms with Gasteiger partial charge in [-0.05, 0) is 49.7 Å². The van der Waals surface area contributed by atoms with Crippen LogP contribution in [0.5, 0.6) is 5.75 Å². The molecule has 4 heterocycles. The molecule has 0 aliphatic carbocycles. The second-order valence-electron chi connectivity index (χ2n) is 8.81. The second kappa shape index (κ2) is 9.61. The number of urea groups is 1. The number of fused-ring (bicyclic) bond motifs is 1. The summed E-state index contributed by atoms with van der Waals surface area (Å²) in [5, 5.41) is 4.10. The van der Waals surface area contributed by atoms with Crippen molar-refractivity contribution in [3.63, 3.8) is 0 Å². The van der Waals surface area contributed by atoms with Crippen molar-refractivity contribution in [3.8, 4) is 17.0 Å². The Balaban J connectivity index is 1.29. The zero-order chi connectivity index (χ0) is 24.4. The highest BCUT2D eigenvalue weighted by atomic mass is 16.5. The van der Waals surface area contributed by atoms with Crippen LogP contribution in [0, 0.1) is 0 Å². The minimum Gasteiger partial charge on any atom is -0.497 e. The van der Waals surface area contributed by atoms with E-state index in [1.807, 2.05) is 48.2 Å². The van der Waals surface area contributed by atoms with Gasteiger partial charge in [-0.2, -0.15) is 0 Å². The lowest BCUT2D eigenvalue weighted by atomic mass is 10.1. The van der Waals surface area contributed by atoms with Gasteiger partial charge in [-0.15, -0.1) is 0 Å². The highest BCUT2D eigenvalue weighted by molar-refractivity contribution is 5.92. The van der Waals surface area contributed by atoms with Gasteiger partial charge in [0.05, 0.1) is 18.5 Å². The summed E-state index contributed by atoms with van der Waals surface area (Å²) in [4.78, 5) is 33.7. The Morgan fingerprint density at radius 1 is 1.17 bits per heavy atom. The van der Waals surface area contributed by atoms with E-state index in [0.29, 0.717) is 19.6 Å². The number of piperazine rings is 1. The molecule has 1 aromatic carbocycles. The summed E-state index contributed by atoms with van der Waals surface area (Å²) in [5.74, 6) is 1.65. The van der Waals surface area contributed by atoms with Crippen LogP contribution < -0.4 is 15.0 Å². The van der Waals surface area contributed by atoms with Crippen LogP contribution in [0.4, 0.5) is 10.6 Å². The minimum absolute atomic E-state index is 0.0184. The predicted octanol–water partition coefficient (Wildman–Crippen LogP) is 4.01. The van der Waals surface area contributed by atoms with Gasteiger partial charge in [0.15, 0.2) is 0 Å². The van der Waals surface area contributed by atoms with Gasteiger partial charge in [-0.3, -0.25) is 4.98 Å². The quantitative estimate of drug-likeness (QED) is 0.456.